The van der Waals surface area contributed by atoms with Gasteiger partial charge in [-0.15, -0.1) is 0 Å². The fourth-order valence-corrected chi connectivity index (χ4v) is 5.43. The molecule has 3 aromatic carbocycles. The van der Waals surface area contributed by atoms with Crippen molar-refractivity contribution in [3.63, 3.8) is 0 Å². The van der Waals surface area contributed by atoms with Gasteiger partial charge in [0.05, 0.1) is 21.3 Å². The molecule has 1 amide bonds. The standard InChI is InChI=1S/C26H25ClN4O3S/c1-19-11-13-22(14-12-19)35(33,34)31(25-10-6-4-8-23(25)27)18-26(32)29-17-21-7-3-5-9-24(21)30-16-15-28-20(30)2/h3-16H,17-18H2,1-2H3,(H,29,32). The van der Waals surface area contributed by atoms with Gasteiger partial charge in [-0.3, -0.25) is 9.10 Å². The van der Waals surface area contributed by atoms with Gasteiger partial charge in [0.2, 0.25) is 5.91 Å². The number of aromatic nitrogens is 2. The SMILES string of the molecule is Cc1ccc(S(=O)(=O)N(CC(=O)NCc2ccccc2-n2ccnc2C)c2ccccc2Cl)cc1. The molecular weight excluding hydrogens is 484 g/mol. The third kappa shape index (κ3) is 5.39. The van der Waals surface area contributed by atoms with Crippen LogP contribution in [0, 0.1) is 13.8 Å². The van der Waals surface area contributed by atoms with Crippen molar-refractivity contribution in [2.45, 2.75) is 25.3 Å². The van der Waals surface area contributed by atoms with Gasteiger partial charge in [-0.1, -0.05) is 59.6 Å². The van der Waals surface area contributed by atoms with E-state index in [2.05, 4.69) is 10.3 Å². The highest BCUT2D eigenvalue weighted by Crippen LogP contribution is 2.30. The first-order chi connectivity index (χ1) is 16.8. The molecule has 0 unspecified atom stereocenters. The van der Waals surface area contributed by atoms with Gasteiger partial charge in [-0.25, -0.2) is 13.4 Å². The molecule has 0 saturated heterocycles. The Balaban J connectivity index is 1.59. The fraction of sp³-hybridized carbons (Fsp3) is 0.154. The van der Waals surface area contributed by atoms with Crippen molar-refractivity contribution in [1.29, 1.82) is 0 Å². The second kappa shape index (κ2) is 10.3. The molecule has 7 nitrogen and oxygen atoms in total. The maximum absolute atomic E-state index is 13.5. The summed E-state index contributed by atoms with van der Waals surface area (Å²) < 4.78 is 30.0. The molecule has 0 aliphatic carbocycles. The quantitative estimate of drug-likeness (QED) is 0.375. The average Bonchev–Trinajstić information content (AvgIpc) is 3.27. The van der Waals surface area contributed by atoms with Crippen LogP contribution in [-0.2, 0) is 21.4 Å². The lowest BCUT2D eigenvalue weighted by molar-refractivity contribution is -0.119. The molecule has 1 N–H and O–H groups in total. The number of hydrogen-bond donors (Lipinski definition) is 1. The van der Waals surface area contributed by atoms with Crippen molar-refractivity contribution in [3.8, 4) is 5.69 Å². The number of sulfonamides is 1. The molecule has 0 aliphatic rings. The molecule has 0 spiro atoms. The number of anilines is 1. The van der Waals surface area contributed by atoms with E-state index in [4.69, 9.17) is 11.6 Å². The fourth-order valence-electron chi connectivity index (χ4n) is 3.70. The number of hydrogen-bond acceptors (Lipinski definition) is 4. The van der Waals surface area contributed by atoms with Gasteiger partial charge in [0.1, 0.15) is 12.4 Å². The van der Waals surface area contributed by atoms with E-state index in [9.17, 15) is 13.2 Å². The first kappa shape index (κ1) is 24.5. The summed E-state index contributed by atoms with van der Waals surface area (Å²) in [6.45, 7) is 3.56. The van der Waals surface area contributed by atoms with Gasteiger partial charge in [0, 0.05) is 18.9 Å². The number of para-hydroxylation sites is 2. The topological polar surface area (TPSA) is 84.3 Å². The van der Waals surface area contributed by atoms with E-state index in [0.717, 1.165) is 26.9 Å². The molecular formula is C26H25ClN4O3S. The first-order valence-electron chi connectivity index (χ1n) is 11.0. The lowest BCUT2D eigenvalue weighted by Gasteiger charge is -2.25. The minimum Gasteiger partial charge on any atom is -0.350 e. The van der Waals surface area contributed by atoms with Crippen molar-refractivity contribution in [2.75, 3.05) is 10.8 Å². The van der Waals surface area contributed by atoms with Crippen LogP contribution < -0.4 is 9.62 Å². The Hall–Kier alpha value is -3.62. The van der Waals surface area contributed by atoms with Crippen LogP contribution in [-0.4, -0.2) is 30.4 Å². The van der Waals surface area contributed by atoms with Crippen LogP contribution in [0.2, 0.25) is 5.02 Å². The highest BCUT2D eigenvalue weighted by Gasteiger charge is 2.28. The predicted molar refractivity (Wildman–Crippen MR) is 137 cm³/mol. The van der Waals surface area contributed by atoms with Gasteiger partial charge in [0.25, 0.3) is 10.0 Å². The molecule has 1 heterocycles. The lowest BCUT2D eigenvalue weighted by Crippen LogP contribution is -2.41. The Morgan fingerprint density at radius 2 is 1.69 bits per heavy atom. The van der Waals surface area contributed by atoms with Crippen molar-refractivity contribution >= 4 is 33.2 Å². The van der Waals surface area contributed by atoms with Crippen molar-refractivity contribution in [2.24, 2.45) is 0 Å². The zero-order chi connectivity index (χ0) is 25.0. The van der Waals surface area contributed by atoms with Gasteiger partial charge in [0.15, 0.2) is 0 Å². The van der Waals surface area contributed by atoms with Crippen molar-refractivity contribution < 1.29 is 13.2 Å². The van der Waals surface area contributed by atoms with Gasteiger partial charge < -0.3 is 9.88 Å². The minimum atomic E-state index is -4.04. The van der Waals surface area contributed by atoms with E-state index < -0.39 is 22.5 Å². The van der Waals surface area contributed by atoms with Crippen LogP contribution in [0.5, 0.6) is 0 Å². The first-order valence-corrected chi connectivity index (χ1v) is 12.8. The van der Waals surface area contributed by atoms with Gasteiger partial charge >= 0.3 is 0 Å². The monoisotopic (exact) mass is 508 g/mol. The number of nitrogens with one attached hydrogen (secondary N) is 1. The molecule has 0 saturated carbocycles. The Bertz CT molecular complexity index is 1450. The summed E-state index contributed by atoms with van der Waals surface area (Å²) >= 11 is 6.34. The summed E-state index contributed by atoms with van der Waals surface area (Å²) in [5, 5.41) is 3.08. The molecule has 9 heteroatoms. The summed E-state index contributed by atoms with van der Waals surface area (Å²) in [6, 6.07) is 20.7. The predicted octanol–water partition coefficient (Wildman–Crippen LogP) is 4.65. The smallest absolute Gasteiger partial charge is 0.264 e. The molecule has 0 atom stereocenters. The number of halogens is 1. The van der Waals surface area contributed by atoms with Crippen LogP contribution in [0.25, 0.3) is 5.69 Å². The van der Waals surface area contributed by atoms with E-state index in [1.165, 1.54) is 12.1 Å². The lowest BCUT2D eigenvalue weighted by atomic mass is 10.1. The molecule has 4 rings (SSSR count). The second-order valence-electron chi connectivity index (χ2n) is 8.03. The second-order valence-corrected chi connectivity index (χ2v) is 10.3. The van der Waals surface area contributed by atoms with E-state index in [-0.39, 0.29) is 22.2 Å². The van der Waals surface area contributed by atoms with Crippen molar-refractivity contribution in [1.82, 2.24) is 14.9 Å². The number of rotatable bonds is 8. The minimum absolute atomic E-state index is 0.0803. The van der Waals surface area contributed by atoms with E-state index >= 15 is 0 Å². The summed E-state index contributed by atoms with van der Waals surface area (Å²) in [5.41, 5.74) is 2.92. The number of imidazole rings is 1. The number of amides is 1. The summed E-state index contributed by atoms with van der Waals surface area (Å²) in [4.78, 5) is 17.4. The average molecular weight is 509 g/mol. The maximum atomic E-state index is 13.5. The van der Waals surface area contributed by atoms with Crippen LogP contribution in [0.4, 0.5) is 5.69 Å². The Morgan fingerprint density at radius 1 is 1.00 bits per heavy atom. The number of nitrogens with zero attached hydrogens (tertiary/aromatic N) is 3. The summed E-state index contributed by atoms with van der Waals surface area (Å²) in [5.74, 6) is 0.357. The molecule has 35 heavy (non-hydrogen) atoms. The zero-order valence-electron chi connectivity index (χ0n) is 19.3. The van der Waals surface area contributed by atoms with Crippen molar-refractivity contribution in [3.05, 3.63) is 107 Å². The van der Waals surface area contributed by atoms with Gasteiger partial charge in [-0.05, 0) is 49.7 Å². The third-order valence-corrected chi connectivity index (χ3v) is 7.66. The van der Waals surface area contributed by atoms with Crippen LogP contribution in [0.1, 0.15) is 17.0 Å². The van der Waals surface area contributed by atoms with Crippen LogP contribution in [0.3, 0.4) is 0 Å². The molecule has 4 aromatic rings. The Labute approximate surface area is 210 Å². The van der Waals surface area contributed by atoms with E-state index in [0.29, 0.717) is 0 Å². The maximum Gasteiger partial charge on any atom is 0.264 e. The molecule has 0 radical (unpaired) electrons. The molecule has 180 valence electrons. The molecule has 0 fully saturated rings. The third-order valence-electron chi connectivity index (χ3n) is 5.57. The van der Waals surface area contributed by atoms with E-state index in [1.54, 1.807) is 42.6 Å². The summed E-state index contributed by atoms with van der Waals surface area (Å²) in [6.07, 6.45) is 3.56. The summed E-state index contributed by atoms with van der Waals surface area (Å²) in [7, 11) is -4.04. The highest BCUT2D eigenvalue weighted by atomic mass is 35.5. The van der Waals surface area contributed by atoms with Gasteiger partial charge in [-0.2, -0.15) is 0 Å². The normalized spacial score (nSPS) is 11.3. The number of benzene rings is 3. The van der Waals surface area contributed by atoms with Crippen LogP contribution >= 0.6 is 11.6 Å². The highest BCUT2D eigenvalue weighted by molar-refractivity contribution is 7.92. The Morgan fingerprint density at radius 3 is 2.37 bits per heavy atom. The van der Waals surface area contributed by atoms with Crippen LogP contribution in [0.15, 0.2) is 90.1 Å². The zero-order valence-corrected chi connectivity index (χ0v) is 20.9. The number of carbonyl (C=O) groups is 1. The largest absolute Gasteiger partial charge is 0.350 e. The number of aryl methyl sites for hydroxylation is 2. The molecule has 1 aromatic heterocycles. The van der Waals surface area contributed by atoms with E-state index in [1.807, 2.05) is 48.9 Å². The number of carbonyl (C=O) groups excluding carboxylic acids is 1. The molecule has 0 aliphatic heterocycles. The Kier molecular flexibility index (Phi) is 7.23. The molecule has 0 bridgehead atoms.